The van der Waals surface area contributed by atoms with Gasteiger partial charge in [-0.25, -0.2) is 0 Å². The smallest absolute Gasteiger partial charge is 0.247 e. The molecule has 0 saturated carbocycles. The van der Waals surface area contributed by atoms with Gasteiger partial charge < -0.3 is 10.2 Å². The van der Waals surface area contributed by atoms with Crippen LogP contribution < -0.4 is 5.32 Å². The third-order valence-corrected chi connectivity index (χ3v) is 5.28. The molecule has 8 heteroatoms. The summed E-state index contributed by atoms with van der Waals surface area (Å²) in [5.74, 6) is 0.546. The zero-order valence-corrected chi connectivity index (χ0v) is 20.8. The summed E-state index contributed by atoms with van der Waals surface area (Å²) >= 11 is 12.0. The fourth-order valence-electron chi connectivity index (χ4n) is 3.36. The first-order chi connectivity index (χ1) is 12.7. The van der Waals surface area contributed by atoms with Gasteiger partial charge in [0.05, 0.1) is 10.0 Å². The summed E-state index contributed by atoms with van der Waals surface area (Å²) in [6, 6.07) is 4.77. The first-order valence-electron chi connectivity index (χ1n) is 9.41. The molecular formula is C21H32Cl2N2O2S2. The van der Waals surface area contributed by atoms with E-state index in [9.17, 15) is 9.59 Å². The van der Waals surface area contributed by atoms with Gasteiger partial charge >= 0.3 is 0 Å². The highest BCUT2D eigenvalue weighted by Gasteiger charge is 2.36. The molecule has 1 aromatic rings. The Labute approximate surface area is 198 Å². The zero-order valence-electron chi connectivity index (χ0n) is 17.3. The van der Waals surface area contributed by atoms with E-state index in [2.05, 4.69) is 33.0 Å². The van der Waals surface area contributed by atoms with Gasteiger partial charge in [0.15, 0.2) is 0 Å². The minimum Gasteiger partial charge on any atom is -0.350 e. The predicted molar refractivity (Wildman–Crippen MR) is 133 cm³/mol. The van der Waals surface area contributed by atoms with Crippen molar-refractivity contribution < 1.29 is 9.59 Å². The summed E-state index contributed by atoms with van der Waals surface area (Å²) < 4.78 is 0. The number of halogens is 2. The van der Waals surface area contributed by atoms with Crippen LogP contribution in [-0.4, -0.2) is 35.3 Å². The van der Waals surface area contributed by atoms with Gasteiger partial charge in [-0.1, -0.05) is 57.0 Å². The average molecular weight is 480 g/mol. The van der Waals surface area contributed by atoms with Crippen LogP contribution in [-0.2, 0) is 9.59 Å². The molecule has 164 valence electrons. The van der Waals surface area contributed by atoms with Crippen LogP contribution in [0.15, 0.2) is 24.3 Å². The van der Waals surface area contributed by atoms with Crippen LogP contribution in [0.2, 0.25) is 10.0 Å². The van der Waals surface area contributed by atoms with Crippen molar-refractivity contribution in [1.82, 2.24) is 10.2 Å². The Morgan fingerprint density at radius 2 is 1.76 bits per heavy atom. The van der Waals surface area contributed by atoms with Crippen molar-refractivity contribution in [2.24, 2.45) is 11.8 Å². The summed E-state index contributed by atoms with van der Waals surface area (Å²) in [6.45, 7) is 8.88. The molecule has 0 unspecified atom stereocenters. The normalized spacial score (nSPS) is 19.2. The van der Waals surface area contributed by atoms with E-state index < -0.39 is 6.04 Å². The maximum absolute atomic E-state index is 12.9. The van der Waals surface area contributed by atoms with Gasteiger partial charge in [-0.15, -0.1) is 0 Å². The Morgan fingerprint density at radius 1 is 1.14 bits per heavy atom. The van der Waals surface area contributed by atoms with Crippen molar-refractivity contribution in [1.29, 1.82) is 0 Å². The number of piperazine rings is 1. The van der Waals surface area contributed by atoms with E-state index in [-0.39, 0.29) is 44.8 Å². The van der Waals surface area contributed by atoms with E-state index in [1.54, 1.807) is 29.2 Å². The van der Waals surface area contributed by atoms with Gasteiger partial charge in [-0.05, 0) is 48.4 Å². The van der Waals surface area contributed by atoms with E-state index in [0.29, 0.717) is 34.8 Å². The molecule has 1 saturated heterocycles. The lowest BCUT2D eigenvalue weighted by molar-refractivity contribution is -0.142. The largest absolute Gasteiger partial charge is 0.350 e. The minimum absolute atomic E-state index is 0. The minimum atomic E-state index is -0.431. The summed E-state index contributed by atoms with van der Waals surface area (Å²) in [7, 11) is 0. The molecule has 0 spiro atoms. The molecule has 29 heavy (non-hydrogen) atoms. The van der Waals surface area contributed by atoms with E-state index >= 15 is 0 Å². The highest BCUT2D eigenvalue weighted by Crippen LogP contribution is 2.24. The molecule has 1 aliphatic heterocycles. The molecule has 0 aromatic heterocycles. The Bertz CT molecular complexity index is 727. The fourth-order valence-corrected chi connectivity index (χ4v) is 3.66. The molecule has 1 heterocycles. The highest BCUT2D eigenvalue weighted by atomic mass is 35.5. The van der Waals surface area contributed by atoms with Crippen LogP contribution in [0.3, 0.4) is 0 Å². The predicted octanol–water partition coefficient (Wildman–Crippen LogP) is 5.02. The van der Waals surface area contributed by atoms with E-state index in [1.807, 2.05) is 0 Å². The second-order valence-electron chi connectivity index (χ2n) is 7.98. The third kappa shape index (κ3) is 8.44. The van der Waals surface area contributed by atoms with Gasteiger partial charge in [-0.2, -0.15) is 27.0 Å². The van der Waals surface area contributed by atoms with Gasteiger partial charge in [0, 0.05) is 18.7 Å². The number of rotatable bonds is 6. The second kappa shape index (κ2) is 12.8. The number of carbonyl (C=O) groups excluding carboxylic acids is 2. The summed E-state index contributed by atoms with van der Waals surface area (Å²) in [4.78, 5) is 27.2. The van der Waals surface area contributed by atoms with Crippen LogP contribution in [0.25, 0.3) is 6.08 Å². The van der Waals surface area contributed by atoms with Crippen molar-refractivity contribution in [3.8, 4) is 0 Å². The number of carbonyl (C=O) groups is 2. The lowest BCUT2D eigenvalue weighted by Gasteiger charge is -2.40. The van der Waals surface area contributed by atoms with Crippen LogP contribution in [0.1, 0.15) is 46.1 Å². The summed E-state index contributed by atoms with van der Waals surface area (Å²) in [5, 5.41) is 4.00. The van der Waals surface area contributed by atoms with Crippen LogP contribution in [0, 0.1) is 11.8 Å². The van der Waals surface area contributed by atoms with Crippen LogP contribution in [0.4, 0.5) is 0 Å². The lowest BCUT2D eigenvalue weighted by Crippen LogP contribution is -2.61. The second-order valence-corrected chi connectivity index (χ2v) is 8.79. The van der Waals surface area contributed by atoms with Crippen molar-refractivity contribution >= 4 is 68.1 Å². The number of nitrogens with zero attached hydrogens (tertiary/aromatic N) is 1. The Hall–Kier alpha value is -0.820. The Morgan fingerprint density at radius 3 is 2.31 bits per heavy atom. The number of hydrogen-bond donors (Lipinski definition) is 1. The highest BCUT2D eigenvalue weighted by molar-refractivity contribution is 7.59. The molecule has 2 atom stereocenters. The quantitative estimate of drug-likeness (QED) is 0.583. The van der Waals surface area contributed by atoms with Gasteiger partial charge in [-0.3, -0.25) is 9.59 Å². The van der Waals surface area contributed by atoms with E-state index in [1.165, 1.54) is 6.08 Å². The maximum atomic E-state index is 12.9. The topological polar surface area (TPSA) is 49.4 Å². The molecule has 2 rings (SSSR count). The Kier molecular flexibility index (Phi) is 12.4. The molecule has 0 aliphatic carbocycles. The summed E-state index contributed by atoms with van der Waals surface area (Å²) in [5.41, 5.74) is 0.790. The first-order valence-corrected chi connectivity index (χ1v) is 10.2. The fraction of sp³-hybridized carbons (Fsp3) is 0.524. The molecule has 1 N–H and O–H groups in total. The molecule has 0 bridgehead atoms. The van der Waals surface area contributed by atoms with Crippen LogP contribution in [0.5, 0.6) is 0 Å². The molecular weight excluding hydrogens is 447 g/mol. The number of hydrogen-bond acceptors (Lipinski definition) is 2. The van der Waals surface area contributed by atoms with Gasteiger partial charge in [0.1, 0.15) is 6.04 Å². The van der Waals surface area contributed by atoms with E-state index in [4.69, 9.17) is 23.2 Å². The molecule has 4 nitrogen and oxygen atoms in total. The van der Waals surface area contributed by atoms with Gasteiger partial charge in [0.25, 0.3) is 0 Å². The molecule has 1 aliphatic rings. The molecule has 0 radical (unpaired) electrons. The van der Waals surface area contributed by atoms with Crippen molar-refractivity contribution in [3.05, 3.63) is 39.9 Å². The molecule has 1 fully saturated rings. The van der Waals surface area contributed by atoms with E-state index in [0.717, 1.165) is 12.0 Å². The first kappa shape index (κ1) is 28.2. The van der Waals surface area contributed by atoms with Crippen molar-refractivity contribution in [2.45, 2.75) is 52.6 Å². The van der Waals surface area contributed by atoms with Crippen molar-refractivity contribution in [2.75, 3.05) is 6.54 Å². The lowest BCUT2D eigenvalue weighted by atomic mass is 9.95. The number of nitrogens with one attached hydrogen (secondary N) is 1. The summed E-state index contributed by atoms with van der Waals surface area (Å²) in [6.07, 6.45) is 4.71. The monoisotopic (exact) mass is 478 g/mol. The molecule has 1 aromatic carbocycles. The third-order valence-electron chi connectivity index (χ3n) is 4.54. The van der Waals surface area contributed by atoms with Crippen LogP contribution >= 0.6 is 50.2 Å². The van der Waals surface area contributed by atoms with Crippen molar-refractivity contribution in [3.63, 3.8) is 0 Å². The Balaban J connectivity index is 0.00000392. The zero-order chi connectivity index (χ0) is 20.1. The number of amides is 2. The van der Waals surface area contributed by atoms with Gasteiger partial charge in [0.2, 0.25) is 11.8 Å². The molecule has 2 amide bonds. The SMILES string of the molecule is CC(C)C[C@H]1CN(C(=O)/C=C/c2ccc(Cl)c(Cl)c2)[C@@H](CC(C)C)C(=O)N1.S.S. The maximum Gasteiger partial charge on any atom is 0.247 e. The average Bonchev–Trinajstić information content (AvgIpc) is 2.57. The number of benzene rings is 1. The standard InChI is InChI=1S/C21H28Cl2N2O2.2H2S/c1-13(2)9-16-12-25(19(10-14(3)4)21(27)24-16)20(26)8-6-15-5-7-17(22)18(23)11-15;;/h5-8,11,13-14,16,19H,9-10,12H2,1-4H3,(H,24,27);2*1H2/b8-6+;;/t16-,19-;;/m0../s1.